The Labute approximate surface area is 124 Å². The molecule has 0 spiro atoms. The third-order valence-electron chi connectivity index (χ3n) is 2.95. The average Bonchev–Trinajstić information content (AvgIpc) is 2.45. The second kappa shape index (κ2) is 7.22. The van der Waals surface area contributed by atoms with Crippen molar-refractivity contribution in [2.45, 2.75) is 26.0 Å². The highest BCUT2D eigenvalue weighted by molar-refractivity contribution is 6.29. The van der Waals surface area contributed by atoms with Crippen molar-refractivity contribution < 1.29 is 4.74 Å². The molecule has 1 atom stereocenters. The van der Waals surface area contributed by atoms with E-state index in [2.05, 4.69) is 34.3 Å². The van der Waals surface area contributed by atoms with Crippen LogP contribution in [-0.2, 0) is 11.3 Å². The molecule has 0 saturated heterocycles. The SMILES string of the molecule is CCC(Nc1cc(Cl)nc(COC)n1)c1ccccc1. The summed E-state index contributed by atoms with van der Waals surface area (Å²) in [5, 5.41) is 3.81. The molecule has 0 radical (unpaired) electrons. The summed E-state index contributed by atoms with van der Waals surface area (Å²) in [6.07, 6.45) is 0.950. The van der Waals surface area contributed by atoms with Gasteiger partial charge in [-0.15, -0.1) is 0 Å². The Morgan fingerprint density at radius 1 is 1.25 bits per heavy atom. The maximum absolute atomic E-state index is 6.01. The minimum absolute atomic E-state index is 0.192. The van der Waals surface area contributed by atoms with Gasteiger partial charge in [-0.2, -0.15) is 0 Å². The molecule has 2 aromatic rings. The second-order valence-corrected chi connectivity index (χ2v) is 4.83. The predicted octanol–water partition coefficient (Wildman–Crippen LogP) is 3.84. The fourth-order valence-corrected chi connectivity index (χ4v) is 2.22. The van der Waals surface area contributed by atoms with Crippen LogP contribution in [0.25, 0.3) is 0 Å². The molecule has 1 N–H and O–H groups in total. The Kier molecular flexibility index (Phi) is 5.32. The number of methoxy groups -OCH3 is 1. The monoisotopic (exact) mass is 291 g/mol. The molecule has 4 nitrogen and oxygen atoms in total. The second-order valence-electron chi connectivity index (χ2n) is 4.44. The van der Waals surface area contributed by atoms with Crippen LogP contribution in [0.15, 0.2) is 36.4 Å². The van der Waals surface area contributed by atoms with E-state index in [4.69, 9.17) is 16.3 Å². The van der Waals surface area contributed by atoms with Gasteiger partial charge in [-0.1, -0.05) is 48.9 Å². The molecule has 1 unspecified atom stereocenters. The third-order valence-corrected chi connectivity index (χ3v) is 3.14. The van der Waals surface area contributed by atoms with E-state index in [1.165, 1.54) is 5.56 Å². The highest BCUT2D eigenvalue weighted by Gasteiger charge is 2.11. The van der Waals surface area contributed by atoms with E-state index < -0.39 is 0 Å². The van der Waals surface area contributed by atoms with Crippen molar-refractivity contribution in [3.05, 3.63) is 52.9 Å². The van der Waals surface area contributed by atoms with Crippen LogP contribution < -0.4 is 5.32 Å². The molecule has 0 fully saturated rings. The van der Waals surface area contributed by atoms with Gasteiger partial charge >= 0.3 is 0 Å². The summed E-state index contributed by atoms with van der Waals surface area (Å²) in [5.74, 6) is 1.29. The van der Waals surface area contributed by atoms with Crippen molar-refractivity contribution in [3.63, 3.8) is 0 Å². The van der Waals surface area contributed by atoms with E-state index in [0.29, 0.717) is 23.4 Å². The molecule has 20 heavy (non-hydrogen) atoms. The summed E-state index contributed by atoms with van der Waals surface area (Å²) >= 11 is 6.01. The largest absolute Gasteiger partial charge is 0.377 e. The van der Waals surface area contributed by atoms with E-state index >= 15 is 0 Å². The van der Waals surface area contributed by atoms with E-state index in [1.807, 2.05) is 18.2 Å². The molecular formula is C15H18ClN3O. The molecule has 2 rings (SSSR count). The number of nitrogens with zero attached hydrogens (tertiary/aromatic N) is 2. The fourth-order valence-electron chi connectivity index (χ4n) is 2.02. The van der Waals surface area contributed by atoms with Gasteiger partial charge in [0.25, 0.3) is 0 Å². The Hall–Kier alpha value is -1.65. The van der Waals surface area contributed by atoms with Crippen molar-refractivity contribution in [2.75, 3.05) is 12.4 Å². The summed E-state index contributed by atoms with van der Waals surface area (Å²) in [6, 6.07) is 12.2. The molecule has 1 aromatic heterocycles. The first kappa shape index (κ1) is 14.8. The highest BCUT2D eigenvalue weighted by atomic mass is 35.5. The minimum Gasteiger partial charge on any atom is -0.377 e. The van der Waals surface area contributed by atoms with Crippen LogP contribution in [0, 0.1) is 0 Å². The van der Waals surface area contributed by atoms with E-state index in [9.17, 15) is 0 Å². The van der Waals surface area contributed by atoms with Crippen molar-refractivity contribution in [1.29, 1.82) is 0 Å². The smallest absolute Gasteiger partial charge is 0.158 e. The predicted molar refractivity (Wildman–Crippen MR) is 80.9 cm³/mol. The van der Waals surface area contributed by atoms with Gasteiger partial charge < -0.3 is 10.1 Å². The number of halogens is 1. The van der Waals surface area contributed by atoms with Gasteiger partial charge in [0, 0.05) is 13.2 Å². The molecule has 0 aliphatic carbocycles. The van der Waals surface area contributed by atoms with Gasteiger partial charge in [-0.3, -0.25) is 0 Å². The standard InChI is InChI=1S/C15H18ClN3O/c1-3-12(11-7-5-4-6-8-11)17-14-9-13(16)18-15(19-14)10-20-2/h4-9,12H,3,10H2,1-2H3,(H,17,18,19). The summed E-state index contributed by atoms with van der Waals surface area (Å²) in [7, 11) is 1.61. The lowest BCUT2D eigenvalue weighted by molar-refractivity contribution is 0.178. The number of hydrogen-bond donors (Lipinski definition) is 1. The van der Waals surface area contributed by atoms with Crippen molar-refractivity contribution in [2.24, 2.45) is 0 Å². The van der Waals surface area contributed by atoms with Crippen LogP contribution in [-0.4, -0.2) is 17.1 Å². The van der Waals surface area contributed by atoms with Crippen LogP contribution in [0.5, 0.6) is 0 Å². The highest BCUT2D eigenvalue weighted by Crippen LogP contribution is 2.22. The number of hydrogen-bond acceptors (Lipinski definition) is 4. The Bertz CT molecular complexity index is 548. The van der Waals surface area contributed by atoms with Gasteiger partial charge in [0.15, 0.2) is 5.82 Å². The minimum atomic E-state index is 0.192. The van der Waals surface area contributed by atoms with Crippen LogP contribution in [0.1, 0.15) is 30.8 Å². The molecule has 1 heterocycles. The third kappa shape index (κ3) is 3.92. The van der Waals surface area contributed by atoms with Gasteiger partial charge in [0.2, 0.25) is 0 Å². The van der Waals surface area contributed by atoms with Gasteiger partial charge in [-0.25, -0.2) is 9.97 Å². The summed E-state index contributed by atoms with van der Waals surface area (Å²) in [4.78, 5) is 8.52. The topological polar surface area (TPSA) is 47.0 Å². The maximum Gasteiger partial charge on any atom is 0.158 e. The molecule has 0 aliphatic heterocycles. The summed E-state index contributed by atoms with van der Waals surface area (Å²) in [6.45, 7) is 2.47. The van der Waals surface area contributed by atoms with Crippen molar-refractivity contribution in [1.82, 2.24) is 9.97 Å². The average molecular weight is 292 g/mol. The summed E-state index contributed by atoms with van der Waals surface area (Å²) in [5.41, 5.74) is 1.22. The lowest BCUT2D eigenvalue weighted by Crippen LogP contribution is -2.12. The van der Waals surface area contributed by atoms with Gasteiger partial charge in [0.05, 0.1) is 6.04 Å². The lowest BCUT2D eigenvalue weighted by atomic mass is 10.0. The molecule has 106 valence electrons. The van der Waals surface area contributed by atoms with E-state index in [1.54, 1.807) is 13.2 Å². The molecule has 1 aromatic carbocycles. The number of anilines is 1. The lowest BCUT2D eigenvalue weighted by Gasteiger charge is -2.18. The number of rotatable bonds is 6. The zero-order chi connectivity index (χ0) is 14.4. The number of nitrogens with one attached hydrogen (secondary N) is 1. The number of benzene rings is 1. The molecule has 5 heteroatoms. The first-order chi connectivity index (χ1) is 9.72. The first-order valence-corrected chi connectivity index (χ1v) is 6.94. The Balaban J connectivity index is 2.19. The van der Waals surface area contributed by atoms with E-state index in [-0.39, 0.29) is 6.04 Å². The first-order valence-electron chi connectivity index (χ1n) is 6.56. The van der Waals surface area contributed by atoms with Gasteiger partial charge in [-0.05, 0) is 12.0 Å². The molecule has 0 aliphatic rings. The molecule has 0 bridgehead atoms. The van der Waals surface area contributed by atoms with Gasteiger partial charge in [0.1, 0.15) is 17.6 Å². The zero-order valence-corrected chi connectivity index (χ0v) is 12.4. The Morgan fingerprint density at radius 2 is 2.00 bits per heavy atom. The summed E-state index contributed by atoms with van der Waals surface area (Å²) < 4.78 is 5.04. The number of aromatic nitrogens is 2. The molecular weight excluding hydrogens is 274 g/mol. The normalized spacial score (nSPS) is 12.2. The maximum atomic E-state index is 6.01. The van der Waals surface area contributed by atoms with Crippen LogP contribution in [0.4, 0.5) is 5.82 Å². The van der Waals surface area contributed by atoms with E-state index in [0.717, 1.165) is 6.42 Å². The van der Waals surface area contributed by atoms with Crippen molar-refractivity contribution in [3.8, 4) is 0 Å². The van der Waals surface area contributed by atoms with Crippen LogP contribution >= 0.6 is 11.6 Å². The Morgan fingerprint density at radius 3 is 2.65 bits per heavy atom. The fraction of sp³-hybridized carbons (Fsp3) is 0.333. The molecule has 0 saturated carbocycles. The van der Waals surface area contributed by atoms with Crippen LogP contribution in [0.2, 0.25) is 5.15 Å². The number of ether oxygens (including phenoxy) is 1. The molecule has 0 amide bonds. The van der Waals surface area contributed by atoms with Crippen LogP contribution in [0.3, 0.4) is 0 Å². The van der Waals surface area contributed by atoms with Crippen molar-refractivity contribution >= 4 is 17.4 Å². The zero-order valence-electron chi connectivity index (χ0n) is 11.6. The quantitative estimate of drug-likeness (QED) is 0.822.